The van der Waals surface area contributed by atoms with Crippen molar-refractivity contribution in [3.05, 3.63) is 69.8 Å². The molecular formula is C17H17NO6S. The molecule has 0 aliphatic carbocycles. The van der Waals surface area contributed by atoms with Gasteiger partial charge in [0.15, 0.2) is 0 Å². The Labute approximate surface area is 145 Å². The van der Waals surface area contributed by atoms with Gasteiger partial charge in [-0.25, -0.2) is 0 Å². The molecule has 0 saturated carbocycles. The minimum absolute atomic E-state index is 0.188. The van der Waals surface area contributed by atoms with E-state index >= 15 is 0 Å². The van der Waals surface area contributed by atoms with Gasteiger partial charge < -0.3 is 4.74 Å². The second kappa shape index (κ2) is 6.81. The number of hydrogen-bond acceptors (Lipinski definition) is 6. The zero-order chi connectivity index (χ0) is 18.0. The van der Waals surface area contributed by atoms with Gasteiger partial charge >= 0.3 is 0 Å². The van der Waals surface area contributed by atoms with E-state index in [4.69, 9.17) is 8.92 Å². The second-order valence-corrected chi connectivity index (χ2v) is 7.54. The molecule has 2 unspecified atom stereocenters. The summed E-state index contributed by atoms with van der Waals surface area (Å²) in [6.07, 6.45) is 0.961. The maximum atomic E-state index is 11.5. The van der Waals surface area contributed by atoms with Crippen LogP contribution in [0.2, 0.25) is 0 Å². The molecule has 7 nitrogen and oxygen atoms in total. The largest absolute Gasteiger partial charge is 0.457 e. The Bertz CT molecular complexity index is 896. The average Bonchev–Trinajstić information content (AvgIpc) is 2.66. The number of ether oxygens (including phenoxy) is 1. The van der Waals surface area contributed by atoms with Crippen LogP contribution in [0.4, 0.5) is 0 Å². The summed E-state index contributed by atoms with van der Waals surface area (Å²) in [5.74, 6) is -0.0249. The maximum absolute atomic E-state index is 11.5. The van der Waals surface area contributed by atoms with E-state index in [1.807, 2.05) is 0 Å². The van der Waals surface area contributed by atoms with E-state index in [0.29, 0.717) is 22.6 Å². The molecule has 1 heterocycles. The first kappa shape index (κ1) is 17.4. The van der Waals surface area contributed by atoms with Crippen LogP contribution in [0.15, 0.2) is 48.5 Å². The smallest absolute Gasteiger partial charge is 0.264 e. The predicted octanol–water partition coefficient (Wildman–Crippen LogP) is 2.91. The molecule has 2 aromatic rings. The third-order valence-corrected chi connectivity index (χ3v) is 4.71. The van der Waals surface area contributed by atoms with Crippen LogP contribution in [0, 0.1) is 10.1 Å². The first-order chi connectivity index (χ1) is 11.8. The van der Waals surface area contributed by atoms with Crippen LogP contribution in [0.3, 0.4) is 0 Å². The zero-order valence-corrected chi connectivity index (χ0v) is 14.3. The van der Waals surface area contributed by atoms with E-state index < -0.39 is 26.9 Å². The first-order valence-corrected chi connectivity index (χ1v) is 9.48. The van der Waals surface area contributed by atoms with E-state index in [9.17, 15) is 18.5 Å². The van der Waals surface area contributed by atoms with Crippen LogP contribution in [-0.4, -0.2) is 32.7 Å². The van der Waals surface area contributed by atoms with E-state index in [0.717, 1.165) is 6.26 Å². The lowest BCUT2D eigenvalue weighted by Crippen LogP contribution is -2.24. The van der Waals surface area contributed by atoms with Gasteiger partial charge in [0.25, 0.3) is 10.1 Å². The summed E-state index contributed by atoms with van der Waals surface area (Å²) in [6, 6.07) is 14.2. The van der Waals surface area contributed by atoms with Gasteiger partial charge in [-0.3, -0.25) is 14.3 Å². The molecule has 0 amide bonds. The third kappa shape index (κ3) is 3.97. The molecule has 1 aliphatic heterocycles. The van der Waals surface area contributed by atoms with Crippen LogP contribution >= 0.6 is 0 Å². The molecule has 1 aliphatic rings. The van der Waals surface area contributed by atoms with Crippen molar-refractivity contribution in [1.82, 2.24) is 0 Å². The van der Waals surface area contributed by atoms with Crippen molar-refractivity contribution in [1.29, 1.82) is 0 Å². The van der Waals surface area contributed by atoms with Gasteiger partial charge in [0.05, 0.1) is 18.8 Å². The molecule has 0 bridgehead atoms. The first-order valence-electron chi connectivity index (χ1n) is 7.67. The summed E-state index contributed by atoms with van der Waals surface area (Å²) >= 11 is 0. The van der Waals surface area contributed by atoms with Crippen molar-refractivity contribution in [3.63, 3.8) is 0 Å². The van der Waals surface area contributed by atoms with Crippen LogP contribution < -0.4 is 4.74 Å². The summed E-state index contributed by atoms with van der Waals surface area (Å²) in [6.45, 7) is -0.543. The van der Waals surface area contributed by atoms with Crippen LogP contribution in [0.25, 0.3) is 0 Å². The zero-order valence-electron chi connectivity index (χ0n) is 13.5. The van der Waals surface area contributed by atoms with E-state index in [2.05, 4.69) is 0 Å². The minimum atomic E-state index is -3.68. The van der Waals surface area contributed by atoms with E-state index in [1.54, 1.807) is 48.5 Å². The Hall–Kier alpha value is -2.45. The summed E-state index contributed by atoms with van der Waals surface area (Å²) in [5, 5.41) is 11.3. The Morgan fingerprint density at radius 3 is 2.08 bits per heavy atom. The molecule has 132 valence electrons. The number of nitro groups is 1. The second-order valence-electron chi connectivity index (χ2n) is 5.89. The number of rotatable bonds is 5. The van der Waals surface area contributed by atoms with Crippen molar-refractivity contribution in [3.8, 4) is 11.5 Å². The summed E-state index contributed by atoms with van der Waals surface area (Å²) < 4.78 is 33.9. The Morgan fingerprint density at radius 2 is 1.56 bits per heavy atom. The number of nitrogens with zero attached hydrogens (tertiary/aromatic N) is 1. The quantitative estimate of drug-likeness (QED) is 0.460. The number of fused-ring (bicyclic) bond motifs is 2. The van der Waals surface area contributed by atoms with E-state index in [-0.39, 0.29) is 13.2 Å². The van der Waals surface area contributed by atoms with Crippen molar-refractivity contribution in [2.24, 2.45) is 0 Å². The highest BCUT2D eigenvalue weighted by Crippen LogP contribution is 2.46. The lowest BCUT2D eigenvalue weighted by atomic mass is 9.82. The Morgan fingerprint density at radius 1 is 1.04 bits per heavy atom. The molecule has 0 fully saturated rings. The normalized spacial score (nSPS) is 19.2. The van der Waals surface area contributed by atoms with Crippen LogP contribution in [0.1, 0.15) is 23.0 Å². The van der Waals surface area contributed by atoms with Gasteiger partial charge in [0.2, 0.25) is 6.54 Å². The highest BCUT2D eigenvalue weighted by Gasteiger charge is 2.36. The SMILES string of the molecule is CS(=O)(=O)OCC1c2ccccc2Oc2ccccc2C1C[N+](=O)[O-]. The highest BCUT2D eigenvalue weighted by molar-refractivity contribution is 7.85. The Kier molecular flexibility index (Phi) is 4.73. The van der Waals surface area contributed by atoms with Gasteiger partial charge in [0.1, 0.15) is 11.5 Å². The van der Waals surface area contributed by atoms with Crippen molar-refractivity contribution < 1.29 is 22.3 Å². The number of benzene rings is 2. The molecule has 0 saturated heterocycles. The van der Waals surface area contributed by atoms with Gasteiger partial charge in [-0.1, -0.05) is 36.4 Å². The van der Waals surface area contributed by atoms with Gasteiger partial charge in [0, 0.05) is 22.0 Å². The fourth-order valence-electron chi connectivity index (χ4n) is 3.10. The summed E-state index contributed by atoms with van der Waals surface area (Å²) in [5.41, 5.74) is 1.35. The number of hydrogen-bond donors (Lipinski definition) is 0. The molecule has 2 aromatic carbocycles. The topological polar surface area (TPSA) is 95.7 Å². The molecule has 25 heavy (non-hydrogen) atoms. The monoisotopic (exact) mass is 363 g/mol. The molecule has 0 spiro atoms. The molecule has 0 N–H and O–H groups in total. The maximum Gasteiger partial charge on any atom is 0.264 e. The molecule has 0 radical (unpaired) electrons. The molecule has 0 aromatic heterocycles. The van der Waals surface area contributed by atoms with Crippen LogP contribution in [-0.2, 0) is 14.3 Å². The lowest BCUT2D eigenvalue weighted by molar-refractivity contribution is -0.484. The average molecular weight is 363 g/mol. The van der Waals surface area contributed by atoms with Crippen LogP contribution in [0.5, 0.6) is 11.5 Å². The predicted molar refractivity (Wildman–Crippen MR) is 91.1 cm³/mol. The molecule has 3 rings (SSSR count). The molecule has 8 heteroatoms. The van der Waals surface area contributed by atoms with E-state index in [1.165, 1.54) is 0 Å². The fourth-order valence-corrected chi connectivity index (χ4v) is 3.49. The van der Waals surface area contributed by atoms with Crippen molar-refractivity contribution >= 4 is 10.1 Å². The third-order valence-electron chi connectivity index (χ3n) is 4.15. The number of para-hydroxylation sites is 2. The van der Waals surface area contributed by atoms with Crippen molar-refractivity contribution in [2.75, 3.05) is 19.4 Å². The molecule has 2 atom stereocenters. The standard InChI is InChI=1S/C17H17NO6S/c1-25(21,22)23-11-15-13-7-3-5-9-17(13)24-16-8-4-2-6-12(16)14(15)10-18(19)20/h2-9,14-15H,10-11H2,1H3. The highest BCUT2D eigenvalue weighted by atomic mass is 32.2. The fraction of sp³-hybridized carbons (Fsp3) is 0.294. The van der Waals surface area contributed by atoms with Gasteiger partial charge in [-0.15, -0.1) is 0 Å². The molecular weight excluding hydrogens is 346 g/mol. The van der Waals surface area contributed by atoms with Gasteiger partial charge in [-0.05, 0) is 12.1 Å². The minimum Gasteiger partial charge on any atom is -0.457 e. The van der Waals surface area contributed by atoms with Gasteiger partial charge in [-0.2, -0.15) is 8.42 Å². The summed E-state index contributed by atoms with van der Waals surface area (Å²) in [7, 11) is -3.68. The Balaban J connectivity index is 2.13. The summed E-state index contributed by atoms with van der Waals surface area (Å²) in [4.78, 5) is 10.9. The van der Waals surface area contributed by atoms with Crippen molar-refractivity contribution in [2.45, 2.75) is 11.8 Å². The lowest BCUT2D eigenvalue weighted by Gasteiger charge is -2.23.